The lowest BCUT2D eigenvalue weighted by molar-refractivity contribution is -0.136. The van der Waals surface area contributed by atoms with Gasteiger partial charge in [0.25, 0.3) is 0 Å². The van der Waals surface area contributed by atoms with Crippen LogP contribution in [0.1, 0.15) is 19.8 Å². The van der Waals surface area contributed by atoms with E-state index in [9.17, 15) is 4.79 Å². The van der Waals surface area contributed by atoms with Crippen molar-refractivity contribution in [2.24, 2.45) is 0 Å². The van der Waals surface area contributed by atoms with Crippen LogP contribution < -0.4 is 0 Å². The van der Waals surface area contributed by atoms with Gasteiger partial charge in [0.2, 0.25) is 0 Å². The van der Waals surface area contributed by atoms with Crippen LogP contribution >= 0.6 is 11.8 Å². The summed E-state index contributed by atoms with van der Waals surface area (Å²) in [5.41, 5.74) is 0. The van der Waals surface area contributed by atoms with Crippen molar-refractivity contribution in [1.82, 2.24) is 0 Å². The Bertz CT molecular complexity index is 164. The first-order valence-electron chi connectivity index (χ1n) is 3.43. The summed E-state index contributed by atoms with van der Waals surface area (Å²) in [4.78, 5) is 10.1. The van der Waals surface area contributed by atoms with Crippen LogP contribution in [0.4, 0.5) is 0 Å². The van der Waals surface area contributed by atoms with Gasteiger partial charge < -0.3 is 5.11 Å². The van der Waals surface area contributed by atoms with E-state index in [-0.39, 0.29) is 11.7 Å². The fourth-order valence-corrected chi connectivity index (χ4v) is 1.42. The van der Waals surface area contributed by atoms with E-state index < -0.39 is 5.97 Å². The Balaban J connectivity index is 3.38. The van der Waals surface area contributed by atoms with Crippen molar-refractivity contribution in [2.75, 3.05) is 5.75 Å². The highest BCUT2D eigenvalue weighted by Crippen LogP contribution is 2.13. The van der Waals surface area contributed by atoms with Gasteiger partial charge in [-0.25, -0.2) is 0 Å². The third-order valence-corrected chi connectivity index (χ3v) is 2.43. The van der Waals surface area contributed by atoms with Crippen molar-refractivity contribution < 1.29 is 9.90 Å². The Kier molecular flexibility index (Phi) is 5.67. The summed E-state index contributed by atoms with van der Waals surface area (Å²) < 4.78 is 0. The van der Waals surface area contributed by atoms with Gasteiger partial charge in [0.05, 0.1) is 17.7 Å². The molecule has 0 radical (unpaired) electrons. The second-order valence-electron chi connectivity index (χ2n) is 2.04. The van der Waals surface area contributed by atoms with Crippen LogP contribution in [0, 0.1) is 11.3 Å². The quantitative estimate of drug-likeness (QED) is 0.684. The summed E-state index contributed by atoms with van der Waals surface area (Å²) in [5, 5.41) is 16.7. The molecule has 1 N–H and O–H groups in total. The van der Waals surface area contributed by atoms with Gasteiger partial charge in [-0.2, -0.15) is 5.26 Å². The van der Waals surface area contributed by atoms with Gasteiger partial charge in [0.1, 0.15) is 0 Å². The van der Waals surface area contributed by atoms with E-state index in [1.165, 1.54) is 11.8 Å². The summed E-state index contributed by atoms with van der Waals surface area (Å²) in [5.74, 6) is -0.271. The highest BCUT2D eigenvalue weighted by molar-refractivity contribution is 8.00. The number of aliphatic carboxylic acids is 1. The topological polar surface area (TPSA) is 61.1 Å². The summed E-state index contributed by atoms with van der Waals surface area (Å²) in [6.07, 6.45) is 0.920. The SMILES string of the molecule is CCC(C#N)SCCC(=O)O. The number of nitrogens with zero attached hydrogens (tertiary/aromatic N) is 1. The van der Waals surface area contributed by atoms with Crippen molar-refractivity contribution in [2.45, 2.75) is 25.0 Å². The van der Waals surface area contributed by atoms with E-state index in [0.29, 0.717) is 5.75 Å². The Morgan fingerprint density at radius 2 is 2.45 bits per heavy atom. The minimum atomic E-state index is -0.801. The largest absolute Gasteiger partial charge is 0.481 e. The van der Waals surface area contributed by atoms with Crippen LogP contribution in [0.15, 0.2) is 0 Å². The molecule has 0 aromatic heterocycles. The van der Waals surface area contributed by atoms with Gasteiger partial charge in [0, 0.05) is 5.75 Å². The monoisotopic (exact) mass is 173 g/mol. The van der Waals surface area contributed by atoms with E-state index in [4.69, 9.17) is 10.4 Å². The van der Waals surface area contributed by atoms with Crippen molar-refractivity contribution in [3.63, 3.8) is 0 Å². The molecule has 3 nitrogen and oxygen atoms in total. The van der Waals surface area contributed by atoms with Crippen molar-refractivity contribution in [3.05, 3.63) is 0 Å². The molecule has 0 aliphatic carbocycles. The average Bonchev–Trinajstić information content (AvgIpc) is 1.98. The number of carboxylic acid groups (broad SMARTS) is 1. The highest BCUT2D eigenvalue weighted by atomic mass is 32.2. The maximum Gasteiger partial charge on any atom is 0.304 e. The molecule has 4 heteroatoms. The molecule has 0 spiro atoms. The number of carbonyl (C=O) groups is 1. The van der Waals surface area contributed by atoms with Crippen LogP contribution in [0.3, 0.4) is 0 Å². The first-order chi connectivity index (χ1) is 5.20. The molecular formula is C7H11NO2S. The predicted molar refractivity (Wildman–Crippen MR) is 44.4 cm³/mol. The minimum absolute atomic E-state index is 0.0469. The standard InChI is InChI=1S/C7H11NO2S/c1-2-6(5-8)11-4-3-7(9)10/h6H,2-4H2,1H3,(H,9,10). The summed E-state index contributed by atoms with van der Waals surface area (Å²) >= 11 is 1.41. The predicted octanol–water partition coefficient (Wildman–Crippen LogP) is 1.50. The second-order valence-corrected chi connectivity index (χ2v) is 3.35. The molecule has 0 saturated heterocycles. The van der Waals surface area contributed by atoms with Gasteiger partial charge in [-0.05, 0) is 6.42 Å². The Morgan fingerprint density at radius 1 is 1.82 bits per heavy atom. The molecule has 0 aromatic carbocycles. The average molecular weight is 173 g/mol. The smallest absolute Gasteiger partial charge is 0.304 e. The van der Waals surface area contributed by atoms with E-state index >= 15 is 0 Å². The summed E-state index contributed by atoms with van der Waals surface area (Å²) in [6.45, 7) is 1.92. The van der Waals surface area contributed by atoms with Crippen LogP contribution in [0.5, 0.6) is 0 Å². The van der Waals surface area contributed by atoms with Crippen LogP contribution in [-0.4, -0.2) is 22.1 Å². The second kappa shape index (κ2) is 6.05. The summed E-state index contributed by atoms with van der Waals surface area (Å²) in [6, 6.07) is 2.10. The van der Waals surface area contributed by atoms with Gasteiger partial charge >= 0.3 is 5.97 Å². The molecular weight excluding hydrogens is 162 g/mol. The lowest BCUT2D eigenvalue weighted by Crippen LogP contribution is -2.01. The number of hydrogen-bond acceptors (Lipinski definition) is 3. The summed E-state index contributed by atoms with van der Waals surface area (Å²) in [7, 11) is 0. The molecule has 0 heterocycles. The number of rotatable bonds is 5. The minimum Gasteiger partial charge on any atom is -0.481 e. The highest BCUT2D eigenvalue weighted by Gasteiger charge is 2.05. The van der Waals surface area contributed by atoms with Gasteiger partial charge in [-0.1, -0.05) is 6.92 Å². The third kappa shape index (κ3) is 5.74. The molecule has 0 bridgehead atoms. The zero-order valence-electron chi connectivity index (χ0n) is 6.41. The molecule has 0 rings (SSSR count). The number of nitriles is 1. The molecule has 62 valence electrons. The van der Waals surface area contributed by atoms with E-state index in [1.54, 1.807) is 0 Å². The molecule has 0 aromatic rings. The van der Waals surface area contributed by atoms with Gasteiger partial charge in [0.15, 0.2) is 0 Å². The molecule has 0 aliphatic heterocycles. The first-order valence-corrected chi connectivity index (χ1v) is 4.48. The van der Waals surface area contributed by atoms with Gasteiger partial charge in [-0.3, -0.25) is 4.79 Å². The molecule has 1 unspecified atom stereocenters. The fourth-order valence-electron chi connectivity index (χ4n) is 0.535. The third-order valence-electron chi connectivity index (χ3n) is 1.15. The first kappa shape index (κ1) is 10.3. The Morgan fingerprint density at radius 3 is 2.82 bits per heavy atom. The number of hydrogen-bond donors (Lipinski definition) is 1. The van der Waals surface area contributed by atoms with Crippen LogP contribution in [-0.2, 0) is 4.79 Å². The van der Waals surface area contributed by atoms with E-state index in [1.807, 2.05) is 6.92 Å². The van der Waals surface area contributed by atoms with Crippen molar-refractivity contribution in [3.8, 4) is 6.07 Å². The Hall–Kier alpha value is -0.690. The van der Waals surface area contributed by atoms with Crippen molar-refractivity contribution in [1.29, 1.82) is 5.26 Å². The fraction of sp³-hybridized carbons (Fsp3) is 0.714. The lowest BCUT2D eigenvalue weighted by Gasteiger charge is -2.02. The molecule has 0 saturated carbocycles. The van der Waals surface area contributed by atoms with Crippen molar-refractivity contribution >= 4 is 17.7 Å². The van der Waals surface area contributed by atoms with E-state index in [0.717, 1.165) is 6.42 Å². The maximum atomic E-state index is 10.1. The zero-order chi connectivity index (χ0) is 8.69. The maximum absolute atomic E-state index is 10.1. The van der Waals surface area contributed by atoms with Gasteiger partial charge in [-0.15, -0.1) is 11.8 Å². The molecule has 11 heavy (non-hydrogen) atoms. The molecule has 0 amide bonds. The molecule has 0 fully saturated rings. The zero-order valence-corrected chi connectivity index (χ0v) is 7.23. The van der Waals surface area contributed by atoms with E-state index in [2.05, 4.69) is 6.07 Å². The Labute approximate surface area is 70.4 Å². The normalized spacial score (nSPS) is 12.0. The van der Waals surface area contributed by atoms with Crippen LogP contribution in [0.25, 0.3) is 0 Å². The molecule has 1 atom stereocenters. The lowest BCUT2D eigenvalue weighted by atomic mass is 10.4. The number of thioether (sulfide) groups is 1. The number of carboxylic acids is 1. The van der Waals surface area contributed by atoms with Crippen LogP contribution in [0.2, 0.25) is 0 Å². The molecule has 0 aliphatic rings.